The monoisotopic (exact) mass is 358 g/mol. The molecule has 0 saturated carbocycles. The summed E-state index contributed by atoms with van der Waals surface area (Å²) in [6.07, 6.45) is 5.27. The number of pyridine rings is 1. The van der Waals surface area contributed by atoms with Gasteiger partial charge in [0.2, 0.25) is 0 Å². The Morgan fingerprint density at radius 2 is 1.91 bits per heavy atom. The molecule has 1 aliphatic heterocycles. The molecule has 0 aromatic carbocycles. The lowest BCUT2D eigenvalue weighted by molar-refractivity contribution is 0.0683. The Morgan fingerprint density at radius 1 is 1.26 bits per heavy atom. The van der Waals surface area contributed by atoms with E-state index in [1.54, 1.807) is 18.5 Å². The summed E-state index contributed by atoms with van der Waals surface area (Å²) in [5, 5.41) is 3.90. The second-order valence-corrected chi connectivity index (χ2v) is 5.28. The SMILES string of the molecule is Cl.Cl.NCC1CCN(C(=O)c2cc(-c3ccncc3)on2)CC1. The summed E-state index contributed by atoms with van der Waals surface area (Å²) in [7, 11) is 0. The molecule has 0 unspecified atom stereocenters. The van der Waals surface area contributed by atoms with Gasteiger partial charge in [-0.15, -0.1) is 24.8 Å². The fourth-order valence-electron chi connectivity index (χ4n) is 2.56. The van der Waals surface area contributed by atoms with E-state index in [1.807, 2.05) is 17.0 Å². The van der Waals surface area contributed by atoms with Crippen molar-refractivity contribution in [3.05, 3.63) is 36.3 Å². The molecule has 3 rings (SSSR count). The zero-order valence-electron chi connectivity index (χ0n) is 12.6. The predicted octanol–water partition coefficient (Wildman–Crippen LogP) is 2.39. The maximum Gasteiger partial charge on any atom is 0.276 e. The quantitative estimate of drug-likeness (QED) is 0.910. The molecule has 126 valence electrons. The number of amides is 1. The molecular weight excluding hydrogens is 339 g/mol. The molecule has 6 nitrogen and oxygen atoms in total. The lowest BCUT2D eigenvalue weighted by Crippen LogP contribution is -2.40. The van der Waals surface area contributed by atoms with E-state index in [0.717, 1.165) is 31.5 Å². The Balaban J connectivity index is 0.00000132. The van der Waals surface area contributed by atoms with Crippen molar-refractivity contribution in [2.24, 2.45) is 11.7 Å². The molecule has 1 aliphatic rings. The highest BCUT2D eigenvalue weighted by atomic mass is 35.5. The van der Waals surface area contributed by atoms with Crippen LogP contribution in [0.2, 0.25) is 0 Å². The van der Waals surface area contributed by atoms with Crippen molar-refractivity contribution in [1.82, 2.24) is 15.0 Å². The summed E-state index contributed by atoms with van der Waals surface area (Å²) >= 11 is 0. The van der Waals surface area contributed by atoms with Gasteiger partial charge < -0.3 is 15.2 Å². The molecule has 2 aromatic rings. The van der Waals surface area contributed by atoms with Gasteiger partial charge in [-0.05, 0) is 37.4 Å². The Morgan fingerprint density at radius 3 is 2.52 bits per heavy atom. The number of nitrogens with zero attached hydrogens (tertiary/aromatic N) is 3. The van der Waals surface area contributed by atoms with Crippen LogP contribution in [0.4, 0.5) is 0 Å². The number of halogens is 2. The molecule has 0 spiro atoms. The zero-order valence-corrected chi connectivity index (χ0v) is 14.2. The molecule has 2 aromatic heterocycles. The minimum atomic E-state index is -0.0745. The van der Waals surface area contributed by atoms with Crippen LogP contribution >= 0.6 is 24.8 Å². The number of aromatic nitrogens is 2. The van der Waals surface area contributed by atoms with Crippen LogP contribution in [0.1, 0.15) is 23.3 Å². The summed E-state index contributed by atoms with van der Waals surface area (Å²) in [6, 6.07) is 5.33. The van der Waals surface area contributed by atoms with Crippen LogP contribution in [0, 0.1) is 5.92 Å². The minimum absolute atomic E-state index is 0. The molecule has 1 fully saturated rings. The third-order valence-corrected chi connectivity index (χ3v) is 3.93. The number of hydrogen-bond acceptors (Lipinski definition) is 5. The molecule has 23 heavy (non-hydrogen) atoms. The number of nitrogens with two attached hydrogens (primary N) is 1. The van der Waals surface area contributed by atoms with E-state index in [0.29, 0.717) is 23.9 Å². The lowest BCUT2D eigenvalue weighted by atomic mass is 9.97. The van der Waals surface area contributed by atoms with Crippen molar-refractivity contribution >= 4 is 30.7 Å². The van der Waals surface area contributed by atoms with Crippen LogP contribution in [0.25, 0.3) is 11.3 Å². The number of likely N-dealkylation sites (tertiary alicyclic amines) is 1. The normalized spacial score (nSPS) is 14.7. The van der Waals surface area contributed by atoms with E-state index in [1.165, 1.54) is 0 Å². The lowest BCUT2D eigenvalue weighted by Gasteiger charge is -2.30. The largest absolute Gasteiger partial charge is 0.355 e. The van der Waals surface area contributed by atoms with Crippen molar-refractivity contribution < 1.29 is 9.32 Å². The molecule has 3 heterocycles. The van der Waals surface area contributed by atoms with Crippen molar-refractivity contribution in [2.75, 3.05) is 19.6 Å². The predicted molar refractivity (Wildman–Crippen MR) is 91.9 cm³/mol. The van der Waals surface area contributed by atoms with Crippen LogP contribution in [0.15, 0.2) is 35.1 Å². The van der Waals surface area contributed by atoms with Crippen LogP contribution in [0.5, 0.6) is 0 Å². The van der Waals surface area contributed by atoms with Crippen molar-refractivity contribution in [2.45, 2.75) is 12.8 Å². The van der Waals surface area contributed by atoms with Gasteiger partial charge in [-0.3, -0.25) is 9.78 Å². The van der Waals surface area contributed by atoms with Gasteiger partial charge in [0.05, 0.1) is 0 Å². The van der Waals surface area contributed by atoms with E-state index in [4.69, 9.17) is 10.3 Å². The van der Waals surface area contributed by atoms with E-state index < -0.39 is 0 Å². The van der Waals surface area contributed by atoms with Gasteiger partial charge in [-0.25, -0.2) is 0 Å². The minimum Gasteiger partial charge on any atom is -0.355 e. The van der Waals surface area contributed by atoms with Gasteiger partial charge in [-0.1, -0.05) is 5.16 Å². The molecule has 8 heteroatoms. The molecule has 0 atom stereocenters. The number of piperidine rings is 1. The Hall–Kier alpha value is -1.63. The Labute approximate surface area is 147 Å². The van der Waals surface area contributed by atoms with E-state index in [9.17, 15) is 4.79 Å². The van der Waals surface area contributed by atoms with Gasteiger partial charge >= 0.3 is 0 Å². The average molecular weight is 359 g/mol. The third kappa shape index (κ3) is 4.43. The highest BCUT2D eigenvalue weighted by Crippen LogP contribution is 2.22. The van der Waals surface area contributed by atoms with Gasteiger partial charge in [0.1, 0.15) is 0 Å². The van der Waals surface area contributed by atoms with Gasteiger partial charge in [0.15, 0.2) is 11.5 Å². The van der Waals surface area contributed by atoms with E-state index in [-0.39, 0.29) is 30.7 Å². The highest BCUT2D eigenvalue weighted by molar-refractivity contribution is 5.93. The molecule has 2 N–H and O–H groups in total. The summed E-state index contributed by atoms with van der Waals surface area (Å²) in [4.78, 5) is 18.2. The molecule has 0 bridgehead atoms. The van der Waals surface area contributed by atoms with Crippen LogP contribution in [-0.4, -0.2) is 40.6 Å². The first-order valence-corrected chi connectivity index (χ1v) is 7.14. The number of carbonyl (C=O) groups excluding carboxylic acids is 1. The smallest absolute Gasteiger partial charge is 0.276 e. The summed E-state index contributed by atoms with van der Waals surface area (Å²) in [5.41, 5.74) is 6.88. The molecule has 0 aliphatic carbocycles. The molecule has 1 saturated heterocycles. The number of rotatable bonds is 3. The van der Waals surface area contributed by atoms with Crippen LogP contribution in [-0.2, 0) is 0 Å². The summed E-state index contributed by atoms with van der Waals surface area (Å²) in [6.45, 7) is 2.16. The van der Waals surface area contributed by atoms with Gasteiger partial charge in [0.25, 0.3) is 5.91 Å². The van der Waals surface area contributed by atoms with Crippen LogP contribution in [0.3, 0.4) is 0 Å². The molecule has 0 radical (unpaired) electrons. The zero-order chi connectivity index (χ0) is 14.7. The summed E-state index contributed by atoms with van der Waals surface area (Å²) in [5.74, 6) is 1.03. The molecule has 1 amide bonds. The van der Waals surface area contributed by atoms with Crippen LogP contribution < -0.4 is 5.73 Å². The maximum atomic E-state index is 12.4. The van der Waals surface area contributed by atoms with Gasteiger partial charge in [-0.2, -0.15) is 0 Å². The first-order valence-electron chi connectivity index (χ1n) is 7.14. The van der Waals surface area contributed by atoms with Crippen molar-refractivity contribution in [1.29, 1.82) is 0 Å². The Bertz CT molecular complexity index is 613. The first-order chi connectivity index (χ1) is 10.3. The topological polar surface area (TPSA) is 85.2 Å². The second kappa shape index (κ2) is 8.86. The van der Waals surface area contributed by atoms with E-state index >= 15 is 0 Å². The number of carbonyl (C=O) groups is 1. The molecular formula is C15H20Cl2N4O2. The maximum absolute atomic E-state index is 12.4. The first kappa shape index (κ1) is 19.4. The number of hydrogen-bond donors (Lipinski definition) is 1. The van der Waals surface area contributed by atoms with Gasteiger partial charge in [0, 0.05) is 37.1 Å². The summed E-state index contributed by atoms with van der Waals surface area (Å²) < 4.78 is 5.26. The van der Waals surface area contributed by atoms with Crippen molar-refractivity contribution in [3.8, 4) is 11.3 Å². The third-order valence-electron chi connectivity index (χ3n) is 3.93. The van der Waals surface area contributed by atoms with E-state index in [2.05, 4.69) is 10.1 Å². The fraction of sp³-hybridized carbons (Fsp3) is 0.400. The second-order valence-electron chi connectivity index (χ2n) is 5.28. The average Bonchev–Trinajstić information content (AvgIpc) is 3.05. The Kier molecular flexibility index (Phi) is 7.48. The standard InChI is InChI=1S/C15H18N4O2.2ClH/c16-10-11-3-7-19(8-4-11)15(20)13-9-14(21-18-13)12-1-5-17-6-2-12;;/h1-2,5-6,9,11H,3-4,7-8,10,16H2;2*1H. The van der Waals surface area contributed by atoms with Crippen molar-refractivity contribution in [3.63, 3.8) is 0 Å². The fourth-order valence-corrected chi connectivity index (χ4v) is 2.56. The highest BCUT2D eigenvalue weighted by Gasteiger charge is 2.25.